The predicted octanol–water partition coefficient (Wildman–Crippen LogP) is 4.23. The average Bonchev–Trinajstić information content (AvgIpc) is 2.61. The number of phenols is 1. The molecule has 26 heavy (non-hydrogen) atoms. The van der Waals surface area contributed by atoms with Crippen LogP contribution < -0.4 is 5.73 Å². The lowest BCUT2D eigenvalue weighted by Crippen LogP contribution is -2.21. The fourth-order valence-electron chi connectivity index (χ4n) is 2.44. The number of alkyl halides is 3. The highest BCUT2D eigenvalue weighted by molar-refractivity contribution is 5.88. The van der Waals surface area contributed by atoms with E-state index in [0.29, 0.717) is 0 Å². The molecule has 1 unspecified atom stereocenters. The Hall–Kier alpha value is -3.06. The van der Waals surface area contributed by atoms with Crippen molar-refractivity contribution < 1.29 is 28.2 Å². The van der Waals surface area contributed by atoms with E-state index in [4.69, 9.17) is 15.6 Å². The van der Waals surface area contributed by atoms with Gasteiger partial charge in [0.2, 0.25) is 0 Å². The van der Waals surface area contributed by atoms with E-state index >= 15 is 0 Å². The summed E-state index contributed by atoms with van der Waals surface area (Å²) < 4.78 is 31.7. The Balaban J connectivity index is 0.000000298. The topological polar surface area (TPSA) is 83.5 Å². The van der Waals surface area contributed by atoms with Crippen LogP contribution in [0.2, 0.25) is 0 Å². The van der Waals surface area contributed by atoms with Gasteiger partial charge >= 0.3 is 12.1 Å². The van der Waals surface area contributed by atoms with Gasteiger partial charge in [0.05, 0.1) is 6.04 Å². The molecular formula is C19H16F3NO3. The van der Waals surface area contributed by atoms with Crippen LogP contribution in [-0.4, -0.2) is 22.4 Å². The van der Waals surface area contributed by atoms with Crippen LogP contribution >= 0.6 is 0 Å². The molecule has 0 amide bonds. The standard InChI is InChI=1S/C17H15NO.C2HF3O2/c18-17(13-7-2-1-3-8-13)16-14-9-5-4-6-12(14)10-11-15(16)19;3-2(4,5)1(6)7/h1-11,17,19H,18H2;(H,6,7). The fraction of sp³-hybridized carbons (Fsp3) is 0.105. The number of phenolic OH excluding ortho intramolecular Hbond substituents is 1. The third-order valence-corrected chi connectivity index (χ3v) is 3.66. The van der Waals surface area contributed by atoms with E-state index in [1.54, 1.807) is 6.07 Å². The number of carboxylic acid groups (broad SMARTS) is 1. The molecule has 0 aliphatic heterocycles. The maximum atomic E-state index is 10.6. The minimum atomic E-state index is -5.08. The van der Waals surface area contributed by atoms with Crippen molar-refractivity contribution in [2.24, 2.45) is 5.73 Å². The van der Waals surface area contributed by atoms with Crippen molar-refractivity contribution in [2.75, 3.05) is 0 Å². The number of nitrogens with two attached hydrogens (primary N) is 1. The van der Waals surface area contributed by atoms with E-state index in [0.717, 1.165) is 21.9 Å². The fourth-order valence-corrected chi connectivity index (χ4v) is 2.44. The van der Waals surface area contributed by atoms with Gasteiger partial charge in [-0.15, -0.1) is 0 Å². The number of rotatable bonds is 2. The second-order valence-corrected chi connectivity index (χ2v) is 5.41. The first-order chi connectivity index (χ1) is 12.2. The quantitative estimate of drug-likeness (QED) is 0.636. The molecule has 3 aromatic carbocycles. The summed E-state index contributed by atoms with van der Waals surface area (Å²) in [6.45, 7) is 0. The van der Waals surface area contributed by atoms with E-state index in [2.05, 4.69) is 0 Å². The van der Waals surface area contributed by atoms with E-state index in [9.17, 15) is 18.3 Å². The summed E-state index contributed by atoms with van der Waals surface area (Å²) in [5.41, 5.74) is 8.10. The van der Waals surface area contributed by atoms with Crippen molar-refractivity contribution in [2.45, 2.75) is 12.2 Å². The molecule has 0 aliphatic rings. The van der Waals surface area contributed by atoms with Gasteiger partial charge in [0.1, 0.15) is 5.75 Å². The molecule has 7 heteroatoms. The van der Waals surface area contributed by atoms with E-state index in [1.807, 2.05) is 60.7 Å². The molecular weight excluding hydrogens is 347 g/mol. The Bertz CT molecular complexity index is 895. The van der Waals surface area contributed by atoms with E-state index in [1.165, 1.54) is 0 Å². The summed E-state index contributed by atoms with van der Waals surface area (Å²) in [5.74, 6) is -2.51. The third kappa shape index (κ3) is 4.52. The number of hydrogen-bond donors (Lipinski definition) is 3. The van der Waals surface area contributed by atoms with Gasteiger partial charge in [-0.3, -0.25) is 0 Å². The Kier molecular flexibility index (Phi) is 5.84. The Labute approximate surface area is 147 Å². The van der Waals surface area contributed by atoms with Crippen molar-refractivity contribution >= 4 is 16.7 Å². The molecule has 0 spiro atoms. The largest absolute Gasteiger partial charge is 0.508 e. The van der Waals surface area contributed by atoms with Crippen molar-refractivity contribution in [1.29, 1.82) is 0 Å². The molecule has 0 aromatic heterocycles. The Morgan fingerprint density at radius 1 is 0.923 bits per heavy atom. The van der Waals surface area contributed by atoms with Crippen LogP contribution in [0.15, 0.2) is 66.7 Å². The lowest BCUT2D eigenvalue weighted by molar-refractivity contribution is -0.192. The van der Waals surface area contributed by atoms with Crippen molar-refractivity contribution in [3.05, 3.63) is 77.9 Å². The summed E-state index contributed by atoms with van der Waals surface area (Å²) in [7, 11) is 0. The number of aliphatic carboxylic acids is 1. The van der Waals surface area contributed by atoms with Gasteiger partial charge in [0.25, 0.3) is 0 Å². The minimum Gasteiger partial charge on any atom is -0.508 e. The first kappa shape index (κ1) is 19.3. The molecule has 0 saturated carbocycles. The van der Waals surface area contributed by atoms with Crippen LogP contribution in [-0.2, 0) is 4.79 Å². The molecule has 1 atom stereocenters. The summed E-state index contributed by atoms with van der Waals surface area (Å²) in [4.78, 5) is 8.90. The second-order valence-electron chi connectivity index (χ2n) is 5.41. The van der Waals surface area contributed by atoms with E-state index in [-0.39, 0.29) is 11.8 Å². The Morgan fingerprint density at radius 2 is 1.46 bits per heavy atom. The molecule has 4 N–H and O–H groups in total. The smallest absolute Gasteiger partial charge is 0.490 e. The van der Waals surface area contributed by atoms with Crippen molar-refractivity contribution in [3.63, 3.8) is 0 Å². The maximum absolute atomic E-state index is 10.6. The summed E-state index contributed by atoms with van der Waals surface area (Å²) >= 11 is 0. The monoisotopic (exact) mass is 363 g/mol. The number of aromatic hydroxyl groups is 1. The third-order valence-electron chi connectivity index (χ3n) is 3.66. The molecule has 0 heterocycles. The predicted molar refractivity (Wildman–Crippen MR) is 91.8 cm³/mol. The molecule has 0 fully saturated rings. The van der Waals surface area contributed by atoms with Crippen LogP contribution in [0.1, 0.15) is 17.2 Å². The average molecular weight is 363 g/mol. The van der Waals surface area contributed by atoms with Gasteiger partial charge in [-0.2, -0.15) is 13.2 Å². The molecule has 4 nitrogen and oxygen atoms in total. The highest BCUT2D eigenvalue weighted by Gasteiger charge is 2.38. The first-order valence-corrected chi connectivity index (χ1v) is 7.53. The van der Waals surface area contributed by atoms with Gasteiger partial charge in [-0.1, -0.05) is 60.7 Å². The van der Waals surface area contributed by atoms with Crippen molar-refractivity contribution in [1.82, 2.24) is 0 Å². The molecule has 136 valence electrons. The van der Waals surface area contributed by atoms with Gasteiger partial charge in [-0.25, -0.2) is 4.79 Å². The molecule has 0 aliphatic carbocycles. The number of carbonyl (C=O) groups is 1. The normalized spacial score (nSPS) is 12.2. The SMILES string of the molecule is NC(c1ccccc1)c1c(O)ccc2ccccc12.O=C(O)C(F)(F)F. The van der Waals surface area contributed by atoms with Crippen LogP contribution in [0.3, 0.4) is 0 Å². The van der Waals surface area contributed by atoms with Crippen molar-refractivity contribution in [3.8, 4) is 5.75 Å². The maximum Gasteiger partial charge on any atom is 0.490 e. The zero-order chi connectivity index (χ0) is 19.3. The number of fused-ring (bicyclic) bond motifs is 1. The molecule has 0 saturated heterocycles. The Morgan fingerprint density at radius 3 is 2.04 bits per heavy atom. The number of hydrogen-bond acceptors (Lipinski definition) is 3. The lowest BCUT2D eigenvalue weighted by atomic mass is 9.93. The van der Waals surface area contributed by atoms with Crippen LogP contribution in [0, 0.1) is 0 Å². The number of halogens is 3. The lowest BCUT2D eigenvalue weighted by Gasteiger charge is -2.16. The zero-order valence-electron chi connectivity index (χ0n) is 13.4. The summed E-state index contributed by atoms with van der Waals surface area (Å²) in [5, 5.41) is 19.4. The van der Waals surface area contributed by atoms with Crippen LogP contribution in [0.25, 0.3) is 10.8 Å². The highest BCUT2D eigenvalue weighted by atomic mass is 19.4. The van der Waals surface area contributed by atoms with Gasteiger partial charge in [0.15, 0.2) is 0 Å². The number of benzene rings is 3. The minimum absolute atomic E-state index is 0.245. The van der Waals surface area contributed by atoms with Gasteiger partial charge < -0.3 is 15.9 Å². The molecule has 0 radical (unpaired) electrons. The number of carboxylic acids is 1. The zero-order valence-corrected chi connectivity index (χ0v) is 13.4. The second kappa shape index (κ2) is 7.88. The van der Waals surface area contributed by atoms with E-state index < -0.39 is 12.1 Å². The van der Waals surface area contributed by atoms with Crippen LogP contribution in [0.5, 0.6) is 5.75 Å². The van der Waals surface area contributed by atoms with Gasteiger partial charge in [-0.05, 0) is 22.4 Å². The first-order valence-electron chi connectivity index (χ1n) is 7.53. The molecule has 3 aromatic rings. The van der Waals surface area contributed by atoms with Gasteiger partial charge in [0, 0.05) is 5.56 Å². The van der Waals surface area contributed by atoms with Crippen LogP contribution in [0.4, 0.5) is 13.2 Å². The molecule has 0 bridgehead atoms. The highest BCUT2D eigenvalue weighted by Crippen LogP contribution is 2.34. The molecule has 3 rings (SSSR count). The summed E-state index contributed by atoms with van der Waals surface area (Å²) in [6, 6.07) is 21.1. The summed E-state index contributed by atoms with van der Waals surface area (Å²) in [6.07, 6.45) is -5.08.